The van der Waals surface area contributed by atoms with E-state index in [9.17, 15) is 9.90 Å². The molecule has 0 saturated heterocycles. The van der Waals surface area contributed by atoms with E-state index in [4.69, 9.17) is 9.68 Å². The van der Waals surface area contributed by atoms with Crippen molar-refractivity contribution in [3.05, 3.63) is 167 Å². The molecule has 0 aliphatic carbocycles. The summed E-state index contributed by atoms with van der Waals surface area (Å²) in [6.07, 6.45) is 0.215. The number of amides is 1. The summed E-state index contributed by atoms with van der Waals surface area (Å²) in [6, 6.07) is 43.5. The van der Waals surface area contributed by atoms with Crippen LogP contribution < -0.4 is 9.96 Å². The van der Waals surface area contributed by atoms with E-state index in [0.29, 0.717) is 24.3 Å². The van der Waals surface area contributed by atoms with Crippen molar-refractivity contribution in [1.29, 1.82) is 0 Å². The Morgan fingerprint density at radius 1 is 0.739 bits per heavy atom. The summed E-state index contributed by atoms with van der Waals surface area (Å²) in [7, 11) is 0. The molecule has 0 fully saturated rings. The van der Waals surface area contributed by atoms with Crippen LogP contribution in [0.5, 0.6) is 0 Å². The fourth-order valence-electron chi connectivity index (χ4n) is 6.56. The maximum Gasteiger partial charge on any atom is 0.259 e. The molecule has 1 N–H and O–H groups in total. The molecule has 3 aliphatic rings. The van der Waals surface area contributed by atoms with Crippen LogP contribution in [0.2, 0.25) is 0 Å². The summed E-state index contributed by atoms with van der Waals surface area (Å²) in [4.78, 5) is 29.2. The number of hydrogen-bond acceptors (Lipinski definition) is 6. The maximum atomic E-state index is 14.6. The highest BCUT2D eigenvalue weighted by molar-refractivity contribution is 6.14. The zero-order chi connectivity index (χ0) is 31.0. The number of oxime groups is 1. The number of aliphatic hydroxyl groups excluding tert-OH is 1. The fraction of sp³-hybridized carbons (Fsp3) is 0.128. The first-order valence-electron chi connectivity index (χ1n) is 15.4. The molecule has 0 radical (unpaired) electrons. The van der Waals surface area contributed by atoms with Gasteiger partial charge in [0.05, 0.1) is 35.8 Å². The Labute approximate surface area is 267 Å². The number of fused-ring (bicyclic) bond motifs is 4. The Kier molecular flexibility index (Phi) is 7.08. The minimum Gasteiger partial charge on any atom is -0.392 e. The van der Waals surface area contributed by atoms with Gasteiger partial charge < -0.3 is 19.7 Å². The Hall–Kier alpha value is -5.66. The van der Waals surface area contributed by atoms with Crippen molar-refractivity contribution in [1.82, 2.24) is 0 Å². The molecule has 5 aromatic carbocycles. The van der Waals surface area contributed by atoms with Crippen LogP contribution >= 0.6 is 0 Å². The van der Waals surface area contributed by atoms with Gasteiger partial charge in [0.25, 0.3) is 5.91 Å². The standard InChI is InChI=1S/C39H31N3O4/c43-25-26-19-21-27(22-20-26)34-23-30(45-40-34)24-41-35-18-10-9-17-33(35)36-37(28-11-3-1-4-12-28)42(29-13-5-2-6-14-29)46-38(36)31-15-7-8-16-32(31)39(41)44/h1-22,30,37,43H,23-25H2. The lowest BCUT2D eigenvalue weighted by molar-refractivity contribution is 0.0817. The summed E-state index contributed by atoms with van der Waals surface area (Å²) in [5, 5.41) is 15.8. The third-order valence-corrected chi connectivity index (χ3v) is 8.79. The largest absolute Gasteiger partial charge is 0.392 e. The molecule has 46 heavy (non-hydrogen) atoms. The smallest absolute Gasteiger partial charge is 0.259 e. The van der Waals surface area contributed by atoms with E-state index in [-0.39, 0.29) is 24.7 Å². The average Bonchev–Trinajstić information content (AvgIpc) is 3.76. The van der Waals surface area contributed by atoms with Crippen molar-refractivity contribution < 1.29 is 19.6 Å². The lowest BCUT2D eigenvalue weighted by Gasteiger charge is -2.31. The molecule has 7 nitrogen and oxygen atoms in total. The van der Waals surface area contributed by atoms with Gasteiger partial charge in [-0.05, 0) is 41.0 Å². The SMILES string of the molecule is O=C1c2ccccc2C2=C(c3ccccc3N1CC1CC(c3ccc(CO)cc3)=NO1)C(c1ccccc1)N(c1ccccc1)O2. The quantitative estimate of drug-likeness (QED) is 0.218. The Balaban J connectivity index is 1.24. The van der Waals surface area contributed by atoms with Crippen molar-refractivity contribution >= 4 is 34.3 Å². The Bertz CT molecular complexity index is 1970. The number of hydrogen-bond donors (Lipinski definition) is 1. The van der Waals surface area contributed by atoms with E-state index < -0.39 is 0 Å². The molecule has 3 heterocycles. The molecule has 7 heteroatoms. The van der Waals surface area contributed by atoms with Gasteiger partial charge in [-0.3, -0.25) is 4.79 Å². The molecule has 2 unspecified atom stereocenters. The van der Waals surface area contributed by atoms with Gasteiger partial charge in [0.15, 0.2) is 11.9 Å². The van der Waals surface area contributed by atoms with Gasteiger partial charge >= 0.3 is 0 Å². The first kappa shape index (κ1) is 27.9. The fourth-order valence-corrected chi connectivity index (χ4v) is 6.56. The zero-order valence-electron chi connectivity index (χ0n) is 25.0. The van der Waals surface area contributed by atoms with E-state index in [1.54, 1.807) is 0 Å². The molecule has 5 aromatic rings. The van der Waals surface area contributed by atoms with Crippen molar-refractivity contribution in [2.24, 2.45) is 5.16 Å². The Morgan fingerprint density at radius 2 is 1.39 bits per heavy atom. The van der Waals surface area contributed by atoms with Gasteiger partial charge in [0.1, 0.15) is 6.04 Å². The second-order valence-electron chi connectivity index (χ2n) is 11.6. The van der Waals surface area contributed by atoms with E-state index in [1.165, 1.54) is 0 Å². The molecule has 0 bridgehead atoms. The third kappa shape index (κ3) is 4.82. The lowest BCUT2D eigenvalue weighted by atomic mass is 9.87. The Morgan fingerprint density at radius 3 is 2.13 bits per heavy atom. The molecule has 2 atom stereocenters. The predicted octanol–water partition coefficient (Wildman–Crippen LogP) is 7.39. The van der Waals surface area contributed by atoms with Gasteiger partial charge in [-0.1, -0.05) is 114 Å². The molecule has 0 aromatic heterocycles. The van der Waals surface area contributed by atoms with Crippen LogP contribution in [0.25, 0.3) is 11.3 Å². The van der Waals surface area contributed by atoms with E-state index in [1.807, 2.05) is 125 Å². The van der Waals surface area contributed by atoms with Crippen molar-refractivity contribution in [2.45, 2.75) is 25.2 Å². The number of anilines is 2. The molecule has 0 saturated carbocycles. The second kappa shape index (κ2) is 11.7. The average molecular weight is 606 g/mol. The normalized spacial score (nSPS) is 18.5. The second-order valence-corrected chi connectivity index (χ2v) is 11.6. The topological polar surface area (TPSA) is 74.6 Å². The van der Waals surface area contributed by atoms with Crippen LogP contribution in [0.4, 0.5) is 11.4 Å². The van der Waals surface area contributed by atoms with Gasteiger partial charge in [-0.2, -0.15) is 5.06 Å². The highest BCUT2D eigenvalue weighted by Crippen LogP contribution is 2.52. The van der Waals surface area contributed by atoms with E-state index in [0.717, 1.165) is 50.5 Å². The minimum absolute atomic E-state index is 0.0126. The van der Waals surface area contributed by atoms with Crippen molar-refractivity contribution in [3.8, 4) is 0 Å². The number of carbonyl (C=O) groups excluding carboxylic acids is 1. The number of aliphatic hydroxyl groups is 1. The highest BCUT2D eigenvalue weighted by atomic mass is 16.7. The molecule has 226 valence electrons. The predicted molar refractivity (Wildman–Crippen MR) is 179 cm³/mol. The molecule has 1 amide bonds. The highest BCUT2D eigenvalue weighted by Gasteiger charge is 2.43. The number of nitrogens with zero attached hydrogens (tertiary/aromatic N) is 3. The number of carbonyl (C=O) groups is 1. The van der Waals surface area contributed by atoms with Gasteiger partial charge in [-0.25, -0.2) is 0 Å². The van der Waals surface area contributed by atoms with Crippen LogP contribution in [0.3, 0.4) is 0 Å². The molecular formula is C39H31N3O4. The van der Waals surface area contributed by atoms with Crippen molar-refractivity contribution in [2.75, 3.05) is 16.5 Å². The van der Waals surface area contributed by atoms with E-state index >= 15 is 0 Å². The lowest BCUT2D eigenvalue weighted by Crippen LogP contribution is -2.39. The molecule has 3 aliphatic heterocycles. The van der Waals surface area contributed by atoms with Crippen molar-refractivity contribution in [3.63, 3.8) is 0 Å². The van der Waals surface area contributed by atoms with Crippen LogP contribution in [0.1, 0.15) is 50.6 Å². The summed E-state index contributed by atoms with van der Waals surface area (Å²) in [5.74, 6) is 0.541. The first-order valence-corrected chi connectivity index (χ1v) is 15.4. The number of para-hydroxylation sites is 2. The third-order valence-electron chi connectivity index (χ3n) is 8.79. The maximum absolute atomic E-state index is 14.6. The number of hydroxylamine groups is 1. The van der Waals surface area contributed by atoms with Crippen LogP contribution in [0.15, 0.2) is 139 Å². The van der Waals surface area contributed by atoms with Gasteiger partial charge in [-0.15, -0.1) is 0 Å². The summed E-state index contributed by atoms with van der Waals surface area (Å²) in [6.45, 7) is 0.301. The van der Waals surface area contributed by atoms with Crippen LogP contribution in [-0.2, 0) is 16.3 Å². The molecule has 0 spiro atoms. The number of rotatable bonds is 6. The number of benzene rings is 5. The van der Waals surface area contributed by atoms with Crippen LogP contribution in [-0.4, -0.2) is 29.4 Å². The molecular weight excluding hydrogens is 574 g/mol. The van der Waals surface area contributed by atoms with Gasteiger partial charge in [0, 0.05) is 23.1 Å². The zero-order valence-corrected chi connectivity index (χ0v) is 25.0. The van der Waals surface area contributed by atoms with Crippen LogP contribution in [0, 0.1) is 0 Å². The summed E-state index contributed by atoms with van der Waals surface area (Å²) >= 11 is 0. The minimum atomic E-state index is -0.338. The monoisotopic (exact) mass is 605 g/mol. The molecule has 8 rings (SSSR count). The summed E-state index contributed by atoms with van der Waals surface area (Å²) in [5.41, 5.74) is 8.59. The van der Waals surface area contributed by atoms with E-state index in [2.05, 4.69) is 23.4 Å². The summed E-state index contributed by atoms with van der Waals surface area (Å²) < 4.78 is 0. The first-order chi connectivity index (χ1) is 22.7. The van der Waals surface area contributed by atoms with Gasteiger partial charge in [0.2, 0.25) is 0 Å².